The van der Waals surface area contributed by atoms with Crippen LogP contribution < -0.4 is 5.73 Å². The van der Waals surface area contributed by atoms with Crippen LogP contribution in [0, 0.1) is 5.41 Å². The van der Waals surface area contributed by atoms with Crippen LogP contribution in [0.15, 0.2) is 0 Å². The van der Waals surface area contributed by atoms with Crippen LogP contribution in [0.2, 0.25) is 0 Å². The lowest BCUT2D eigenvalue weighted by atomic mass is 9.74. The zero-order chi connectivity index (χ0) is 10.6. The quantitative estimate of drug-likeness (QED) is 0.750. The molecule has 0 spiro atoms. The second-order valence-electron chi connectivity index (χ2n) is 4.83. The van der Waals surface area contributed by atoms with E-state index in [4.69, 9.17) is 5.73 Å². The van der Waals surface area contributed by atoms with Gasteiger partial charge in [0.15, 0.2) is 0 Å². The Morgan fingerprint density at radius 1 is 1.21 bits per heavy atom. The Balaban J connectivity index is 2.44. The first-order chi connectivity index (χ1) is 6.67. The normalized spacial score (nSPS) is 24.9. The predicted molar refractivity (Wildman–Crippen MR) is 62.3 cm³/mol. The molecule has 0 aromatic carbocycles. The SMILES string of the molecule is CCC1(CC)CCN(C(C)CN)CC1. The first kappa shape index (κ1) is 12.0. The molecule has 1 fully saturated rings. The lowest BCUT2D eigenvalue weighted by Gasteiger charge is -2.43. The van der Waals surface area contributed by atoms with E-state index in [1.54, 1.807) is 0 Å². The third kappa shape index (κ3) is 2.48. The second-order valence-corrected chi connectivity index (χ2v) is 4.83. The van der Waals surface area contributed by atoms with Crippen LogP contribution in [-0.4, -0.2) is 30.6 Å². The molecule has 0 bridgehead atoms. The molecule has 14 heavy (non-hydrogen) atoms. The highest BCUT2D eigenvalue weighted by atomic mass is 15.2. The smallest absolute Gasteiger partial charge is 0.0190 e. The van der Waals surface area contributed by atoms with E-state index < -0.39 is 0 Å². The van der Waals surface area contributed by atoms with Gasteiger partial charge in [0.05, 0.1) is 0 Å². The van der Waals surface area contributed by atoms with Crippen LogP contribution in [0.4, 0.5) is 0 Å². The summed E-state index contributed by atoms with van der Waals surface area (Å²) in [6.07, 6.45) is 5.41. The van der Waals surface area contributed by atoms with Gasteiger partial charge in [-0.05, 0) is 38.3 Å². The summed E-state index contributed by atoms with van der Waals surface area (Å²) >= 11 is 0. The number of rotatable bonds is 4. The molecule has 2 nitrogen and oxygen atoms in total. The Morgan fingerprint density at radius 2 is 1.71 bits per heavy atom. The molecule has 1 atom stereocenters. The molecule has 2 N–H and O–H groups in total. The summed E-state index contributed by atoms with van der Waals surface area (Å²) < 4.78 is 0. The van der Waals surface area contributed by atoms with E-state index in [-0.39, 0.29) is 0 Å². The van der Waals surface area contributed by atoms with Gasteiger partial charge >= 0.3 is 0 Å². The first-order valence-corrected chi connectivity index (χ1v) is 6.11. The monoisotopic (exact) mass is 198 g/mol. The molecule has 0 aliphatic carbocycles. The van der Waals surface area contributed by atoms with Crippen molar-refractivity contribution in [3.8, 4) is 0 Å². The third-order valence-electron chi connectivity index (χ3n) is 4.32. The van der Waals surface area contributed by atoms with E-state index in [1.807, 2.05) is 0 Å². The van der Waals surface area contributed by atoms with E-state index in [2.05, 4.69) is 25.7 Å². The maximum atomic E-state index is 5.69. The van der Waals surface area contributed by atoms with Crippen LogP contribution in [0.5, 0.6) is 0 Å². The molecule has 0 radical (unpaired) electrons. The minimum Gasteiger partial charge on any atom is -0.329 e. The number of nitrogens with two attached hydrogens (primary N) is 1. The molecular formula is C12H26N2. The molecule has 1 unspecified atom stereocenters. The van der Waals surface area contributed by atoms with Gasteiger partial charge in [0.1, 0.15) is 0 Å². The highest BCUT2D eigenvalue weighted by Crippen LogP contribution is 2.38. The van der Waals surface area contributed by atoms with Crippen LogP contribution >= 0.6 is 0 Å². The number of hydrogen-bond donors (Lipinski definition) is 1. The third-order valence-corrected chi connectivity index (χ3v) is 4.32. The standard InChI is InChI=1S/C12H26N2/c1-4-12(5-2)6-8-14(9-7-12)11(3)10-13/h11H,4-10,13H2,1-3H3. The fraction of sp³-hybridized carbons (Fsp3) is 1.00. The molecule has 0 saturated carbocycles. The van der Waals surface area contributed by atoms with Crippen molar-refractivity contribution in [3.05, 3.63) is 0 Å². The highest BCUT2D eigenvalue weighted by molar-refractivity contribution is 4.85. The van der Waals surface area contributed by atoms with Crippen molar-refractivity contribution in [2.24, 2.45) is 11.1 Å². The van der Waals surface area contributed by atoms with Crippen LogP contribution in [-0.2, 0) is 0 Å². The molecule has 1 aliphatic rings. The molecule has 1 aliphatic heterocycles. The Morgan fingerprint density at radius 3 is 2.07 bits per heavy atom. The van der Waals surface area contributed by atoms with Gasteiger partial charge in [-0.2, -0.15) is 0 Å². The number of nitrogens with zero attached hydrogens (tertiary/aromatic N) is 1. The summed E-state index contributed by atoms with van der Waals surface area (Å²) in [4.78, 5) is 2.55. The molecule has 0 aromatic rings. The zero-order valence-corrected chi connectivity index (χ0v) is 10.1. The van der Waals surface area contributed by atoms with Crippen LogP contribution in [0.3, 0.4) is 0 Å². The first-order valence-electron chi connectivity index (χ1n) is 6.11. The molecule has 0 aromatic heterocycles. The molecule has 1 saturated heterocycles. The summed E-state index contributed by atoms with van der Waals surface area (Å²) in [6, 6.07) is 0.571. The number of piperidine rings is 1. The van der Waals surface area contributed by atoms with E-state index in [0.717, 1.165) is 6.54 Å². The van der Waals surface area contributed by atoms with Gasteiger partial charge in [0, 0.05) is 12.6 Å². The van der Waals surface area contributed by atoms with E-state index in [0.29, 0.717) is 11.5 Å². The maximum absolute atomic E-state index is 5.69. The fourth-order valence-corrected chi connectivity index (χ4v) is 2.55. The van der Waals surface area contributed by atoms with E-state index >= 15 is 0 Å². The molecule has 0 amide bonds. The van der Waals surface area contributed by atoms with Crippen molar-refractivity contribution < 1.29 is 0 Å². The van der Waals surface area contributed by atoms with Gasteiger partial charge in [-0.1, -0.05) is 26.7 Å². The van der Waals surface area contributed by atoms with Crippen molar-refractivity contribution in [1.82, 2.24) is 4.90 Å². The van der Waals surface area contributed by atoms with Crippen molar-refractivity contribution in [1.29, 1.82) is 0 Å². The Kier molecular flexibility index (Phi) is 4.39. The molecular weight excluding hydrogens is 172 g/mol. The Labute approximate surface area is 88.8 Å². The van der Waals surface area contributed by atoms with Gasteiger partial charge in [0.25, 0.3) is 0 Å². The summed E-state index contributed by atoms with van der Waals surface area (Å²) in [5.41, 5.74) is 6.34. The van der Waals surface area contributed by atoms with Gasteiger partial charge in [0.2, 0.25) is 0 Å². The van der Waals surface area contributed by atoms with Crippen LogP contribution in [0.1, 0.15) is 46.5 Å². The second kappa shape index (κ2) is 5.13. The highest BCUT2D eigenvalue weighted by Gasteiger charge is 2.32. The largest absolute Gasteiger partial charge is 0.329 e. The molecule has 84 valence electrons. The van der Waals surface area contributed by atoms with E-state index in [9.17, 15) is 0 Å². The van der Waals surface area contributed by atoms with Crippen LogP contribution in [0.25, 0.3) is 0 Å². The van der Waals surface area contributed by atoms with Gasteiger partial charge < -0.3 is 5.73 Å². The topological polar surface area (TPSA) is 29.3 Å². The lowest BCUT2D eigenvalue weighted by Crippen LogP contribution is -2.46. The van der Waals surface area contributed by atoms with Gasteiger partial charge in [-0.3, -0.25) is 4.90 Å². The predicted octanol–water partition coefficient (Wildman–Crippen LogP) is 2.24. The Bertz CT molecular complexity index is 154. The van der Waals surface area contributed by atoms with Crippen molar-refractivity contribution in [3.63, 3.8) is 0 Å². The summed E-state index contributed by atoms with van der Waals surface area (Å²) in [6.45, 7) is 10.2. The summed E-state index contributed by atoms with van der Waals surface area (Å²) in [5.74, 6) is 0. The molecule has 2 heteroatoms. The molecule has 1 heterocycles. The number of likely N-dealkylation sites (tertiary alicyclic amines) is 1. The fourth-order valence-electron chi connectivity index (χ4n) is 2.55. The minimum absolute atomic E-state index is 0.571. The van der Waals surface area contributed by atoms with Gasteiger partial charge in [-0.15, -0.1) is 0 Å². The van der Waals surface area contributed by atoms with E-state index in [1.165, 1.54) is 38.8 Å². The van der Waals surface area contributed by atoms with Gasteiger partial charge in [-0.25, -0.2) is 0 Å². The average molecular weight is 198 g/mol. The van der Waals surface area contributed by atoms with Crippen molar-refractivity contribution >= 4 is 0 Å². The Hall–Kier alpha value is -0.0800. The minimum atomic E-state index is 0.571. The van der Waals surface area contributed by atoms with Crippen molar-refractivity contribution in [2.45, 2.75) is 52.5 Å². The zero-order valence-electron chi connectivity index (χ0n) is 10.1. The maximum Gasteiger partial charge on any atom is 0.0190 e. The molecule has 1 rings (SSSR count). The average Bonchev–Trinajstić information content (AvgIpc) is 2.28. The van der Waals surface area contributed by atoms with Crippen molar-refractivity contribution in [2.75, 3.05) is 19.6 Å². The lowest BCUT2D eigenvalue weighted by molar-refractivity contribution is 0.0734. The number of hydrogen-bond acceptors (Lipinski definition) is 2. The summed E-state index contributed by atoms with van der Waals surface area (Å²) in [5, 5.41) is 0. The summed E-state index contributed by atoms with van der Waals surface area (Å²) in [7, 11) is 0.